The number of nitrogens with two attached hydrogens (primary N) is 2. The zero-order valence-corrected chi connectivity index (χ0v) is 19.4. The summed E-state index contributed by atoms with van der Waals surface area (Å²) in [6.07, 6.45) is 6.95. The van der Waals surface area contributed by atoms with Crippen molar-refractivity contribution in [1.29, 1.82) is 0 Å². The van der Waals surface area contributed by atoms with Crippen LogP contribution in [-0.4, -0.2) is 40.8 Å². The first-order valence-electron chi connectivity index (χ1n) is 9.78. The molecule has 0 bridgehead atoms. The van der Waals surface area contributed by atoms with Gasteiger partial charge >= 0.3 is 8.56 Å². The standard InChI is InChI=1S/C11H26N2O3Si.C8H8.C3H6/c1-5-7-11(14-2)10(12,13)8-6-9-17(11,15-3)16-4;1-2-8-6-4-3-5-7-8;1-3-2/h5-9,12-13H2,1-4H3;2-7H,1H2;3H,1H2,2H3. The quantitative estimate of drug-likeness (QED) is 0.415. The molecule has 1 fully saturated rings. The summed E-state index contributed by atoms with van der Waals surface area (Å²) in [6, 6.07) is 10.9. The number of rotatable bonds is 6. The van der Waals surface area contributed by atoms with E-state index < -0.39 is 19.4 Å². The zero-order valence-electron chi connectivity index (χ0n) is 18.4. The van der Waals surface area contributed by atoms with E-state index in [2.05, 4.69) is 20.1 Å². The summed E-state index contributed by atoms with van der Waals surface area (Å²) in [7, 11) is 2.49. The van der Waals surface area contributed by atoms with Crippen LogP contribution < -0.4 is 11.5 Å². The van der Waals surface area contributed by atoms with Crippen LogP contribution in [0.3, 0.4) is 0 Å². The lowest BCUT2D eigenvalue weighted by Crippen LogP contribution is -2.81. The summed E-state index contributed by atoms with van der Waals surface area (Å²) in [5.41, 5.74) is 12.9. The second-order valence-corrected chi connectivity index (χ2v) is 10.5. The van der Waals surface area contributed by atoms with Crippen LogP contribution in [0.1, 0.15) is 45.1 Å². The number of ether oxygens (including phenoxy) is 1. The van der Waals surface area contributed by atoms with Gasteiger partial charge < -0.3 is 25.1 Å². The topological polar surface area (TPSA) is 79.7 Å². The van der Waals surface area contributed by atoms with Gasteiger partial charge in [0.15, 0.2) is 0 Å². The van der Waals surface area contributed by atoms with Gasteiger partial charge in [-0.3, -0.25) is 0 Å². The summed E-state index contributed by atoms with van der Waals surface area (Å²) in [4.78, 5) is 0. The van der Waals surface area contributed by atoms with Crippen molar-refractivity contribution in [3.05, 3.63) is 55.1 Å². The third-order valence-corrected chi connectivity index (χ3v) is 9.59. The predicted octanol–water partition coefficient (Wildman–Crippen LogP) is 4.38. The third-order valence-electron chi connectivity index (χ3n) is 5.11. The van der Waals surface area contributed by atoms with Crippen LogP contribution in [0.15, 0.2) is 49.6 Å². The number of hydrogen-bond acceptors (Lipinski definition) is 5. The molecule has 0 amide bonds. The van der Waals surface area contributed by atoms with Gasteiger partial charge in [-0.15, -0.1) is 6.58 Å². The molecule has 0 aliphatic carbocycles. The second-order valence-electron chi connectivity index (χ2n) is 6.86. The SMILES string of the molecule is C=CC.C=Cc1ccccc1.CCCC1(OC)C(N)(N)CCC[Si]1(OC)OC. The van der Waals surface area contributed by atoms with Gasteiger partial charge in [0, 0.05) is 21.3 Å². The van der Waals surface area contributed by atoms with Crippen LogP contribution in [0.2, 0.25) is 6.04 Å². The van der Waals surface area contributed by atoms with E-state index in [4.69, 9.17) is 25.1 Å². The molecular formula is C22H40N2O3Si. The Labute approximate surface area is 173 Å². The molecule has 1 unspecified atom stereocenters. The lowest BCUT2D eigenvalue weighted by Gasteiger charge is -2.55. The summed E-state index contributed by atoms with van der Waals surface area (Å²) >= 11 is 0. The molecule has 28 heavy (non-hydrogen) atoms. The van der Waals surface area contributed by atoms with Crippen molar-refractivity contribution in [2.24, 2.45) is 11.5 Å². The normalized spacial score (nSPS) is 22.0. The van der Waals surface area contributed by atoms with E-state index in [1.54, 1.807) is 27.4 Å². The molecular weight excluding hydrogens is 368 g/mol. The molecule has 0 aromatic heterocycles. The lowest BCUT2D eigenvalue weighted by molar-refractivity contribution is -0.0652. The smallest absolute Gasteiger partial charge is 0.374 e. The molecule has 6 heteroatoms. The van der Waals surface area contributed by atoms with E-state index in [0.717, 1.165) is 31.7 Å². The van der Waals surface area contributed by atoms with Crippen molar-refractivity contribution in [2.75, 3.05) is 21.3 Å². The summed E-state index contributed by atoms with van der Waals surface area (Å²) in [5, 5.41) is -0.670. The van der Waals surface area contributed by atoms with E-state index in [9.17, 15) is 0 Å². The van der Waals surface area contributed by atoms with Gasteiger partial charge in [-0.2, -0.15) is 0 Å². The maximum Gasteiger partial charge on any atom is 0.374 e. The van der Waals surface area contributed by atoms with Crippen LogP contribution in [0.25, 0.3) is 6.08 Å². The van der Waals surface area contributed by atoms with Gasteiger partial charge in [0.25, 0.3) is 0 Å². The molecule has 1 aliphatic rings. The Bertz CT molecular complexity index is 562. The highest BCUT2D eigenvalue weighted by Crippen LogP contribution is 2.45. The van der Waals surface area contributed by atoms with Crippen LogP contribution in [-0.2, 0) is 13.6 Å². The molecule has 1 aromatic rings. The first kappa shape index (κ1) is 26.7. The Balaban J connectivity index is 0.000000547. The third kappa shape index (κ3) is 6.11. The fraction of sp³-hybridized carbons (Fsp3) is 0.545. The Morgan fingerprint density at radius 2 is 1.64 bits per heavy atom. The number of hydrogen-bond donors (Lipinski definition) is 2. The molecule has 1 atom stereocenters. The van der Waals surface area contributed by atoms with Gasteiger partial charge in [-0.1, -0.05) is 62.4 Å². The first-order valence-corrected chi connectivity index (χ1v) is 11.8. The van der Waals surface area contributed by atoms with Crippen molar-refractivity contribution in [1.82, 2.24) is 0 Å². The zero-order chi connectivity index (χ0) is 21.7. The average molecular weight is 409 g/mol. The average Bonchev–Trinajstić information content (AvgIpc) is 2.71. The van der Waals surface area contributed by atoms with Gasteiger partial charge in [0.2, 0.25) is 0 Å². The van der Waals surface area contributed by atoms with Crippen molar-refractivity contribution in [3.63, 3.8) is 0 Å². The highest BCUT2D eigenvalue weighted by Gasteiger charge is 2.67. The fourth-order valence-electron chi connectivity index (χ4n) is 3.80. The number of allylic oxidation sites excluding steroid dienone is 1. The Hall–Kier alpha value is -1.28. The van der Waals surface area contributed by atoms with Crippen LogP contribution >= 0.6 is 0 Å². The van der Waals surface area contributed by atoms with E-state index in [-0.39, 0.29) is 0 Å². The summed E-state index contributed by atoms with van der Waals surface area (Å²) in [5.74, 6) is 0. The van der Waals surface area contributed by atoms with Crippen LogP contribution in [0.4, 0.5) is 0 Å². The minimum atomic E-state index is -2.54. The largest absolute Gasteiger partial charge is 0.396 e. The molecule has 0 radical (unpaired) electrons. The van der Waals surface area contributed by atoms with Crippen LogP contribution in [0.5, 0.6) is 0 Å². The predicted molar refractivity (Wildman–Crippen MR) is 122 cm³/mol. The minimum Gasteiger partial charge on any atom is -0.396 e. The van der Waals surface area contributed by atoms with Gasteiger partial charge in [0.05, 0.1) is 5.66 Å². The van der Waals surface area contributed by atoms with E-state index in [0.29, 0.717) is 0 Å². The van der Waals surface area contributed by atoms with E-state index in [1.807, 2.05) is 43.3 Å². The van der Waals surface area contributed by atoms with E-state index in [1.165, 1.54) is 5.56 Å². The van der Waals surface area contributed by atoms with Crippen molar-refractivity contribution in [2.45, 2.75) is 56.5 Å². The van der Waals surface area contributed by atoms with Gasteiger partial charge in [-0.05, 0) is 37.8 Å². The first-order chi connectivity index (χ1) is 13.3. The van der Waals surface area contributed by atoms with Gasteiger partial charge in [0.1, 0.15) is 5.22 Å². The summed E-state index contributed by atoms with van der Waals surface area (Å²) < 4.78 is 17.3. The maximum atomic E-state index is 6.31. The van der Waals surface area contributed by atoms with E-state index >= 15 is 0 Å². The Morgan fingerprint density at radius 1 is 1.11 bits per heavy atom. The molecule has 1 heterocycles. The highest BCUT2D eigenvalue weighted by atomic mass is 28.4. The molecule has 4 N–H and O–H groups in total. The maximum absolute atomic E-state index is 6.31. The van der Waals surface area contributed by atoms with Crippen molar-refractivity contribution in [3.8, 4) is 0 Å². The molecule has 1 aliphatic heterocycles. The Kier molecular flexibility index (Phi) is 12.4. The highest BCUT2D eigenvalue weighted by molar-refractivity contribution is 6.71. The molecule has 2 rings (SSSR count). The minimum absolute atomic E-state index is 0.670. The molecule has 1 saturated heterocycles. The lowest BCUT2D eigenvalue weighted by atomic mass is 9.94. The molecule has 160 valence electrons. The second kappa shape index (κ2) is 13.0. The molecule has 0 spiro atoms. The number of methoxy groups -OCH3 is 1. The van der Waals surface area contributed by atoms with Crippen molar-refractivity contribution < 1.29 is 13.6 Å². The molecule has 1 aromatic carbocycles. The summed E-state index contributed by atoms with van der Waals surface area (Å²) in [6.45, 7) is 11.0. The van der Waals surface area contributed by atoms with Crippen LogP contribution in [0, 0.1) is 0 Å². The molecule has 5 nitrogen and oxygen atoms in total. The molecule has 0 saturated carbocycles. The Morgan fingerprint density at radius 3 is 2.00 bits per heavy atom. The van der Waals surface area contributed by atoms with Gasteiger partial charge in [-0.25, -0.2) is 0 Å². The number of benzene rings is 1. The van der Waals surface area contributed by atoms with Crippen molar-refractivity contribution >= 4 is 14.6 Å². The monoisotopic (exact) mass is 408 g/mol. The fourth-order valence-corrected chi connectivity index (χ4v) is 7.86.